The Morgan fingerprint density at radius 2 is 1.89 bits per heavy atom. The van der Waals surface area contributed by atoms with Crippen molar-refractivity contribution < 1.29 is 14.6 Å². The second-order valence-corrected chi connectivity index (χ2v) is 5.74. The van der Waals surface area contributed by atoms with Crippen LogP contribution in [0.25, 0.3) is 0 Å². The van der Waals surface area contributed by atoms with Crippen LogP contribution in [0.2, 0.25) is 0 Å². The maximum atomic E-state index is 11.4. The Labute approximate surface area is 113 Å². The van der Waals surface area contributed by atoms with Crippen molar-refractivity contribution >= 4 is 5.97 Å². The van der Waals surface area contributed by atoms with Crippen LogP contribution in [-0.4, -0.2) is 18.2 Å². The zero-order valence-electron chi connectivity index (χ0n) is 12.1. The second kappa shape index (κ2) is 5.19. The number of carboxylic acids is 1. The van der Waals surface area contributed by atoms with Crippen LogP contribution in [0.4, 0.5) is 0 Å². The summed E-state index contributed by atoms with van der Waals surface area (Å²) in [5.41, 5.74) is 2.42. The number of methoxy groups -OCH3 is 1. The maximum absolute atomic E-state index is 11.4. The highest BCUT2D eigenvalue weighted by molar-refractivity contribution is 5.80. The van der Waals surface area contributed by atoms with Gasteiger partial charge in [0.15, 0.2) is 5.54 Å². The van der Waals surface area contributed by atoms with E-state index in [1.165, 1.54) is 6.92 Å². The van der Waals surface area contributed by atoms with Gasteiger partial charge in [-0.25, -0.2) is 10.2 Å². The molecule has 5 heteroatoms. The van der Waals surface area contributed by atoms with Crippen molar-refractivity contribution in [3.8, 4) is 5.75 Å². The van der Waals surface area contributed by atoms with E-state index in [0.29, 0.717) is 5.56 Å². The Morgan fingerprint density at radius 3 is 2.26 bits per heavy atom. The van der Waals surface area contributed by atoms with Crippen LogP contribution >= 0.6 is 0 Å². The molecule has 106 valence electrons. The molecule has 1 atom stereocenters. The van der Waals surface area contributed by atoms with Gasteiger partial charge < -0.3 is 9.84 Å². The average molecular weight is 266 g/mol. The van der Waals surface area contributed by atoms with E-state index in [-0.39, 0.29) is 5.41 Å². The molecule has 0 aliphatic carbocycles. The fourth-order valence-corrected chi connectivity index (χ4v) is 1.87. The summed E-state index contributed by atoms with van der Waals surface area (Å²) in [7, 11) is 1.60. The van der Waals surface area contributed by atoms with Crippen molar-refractivity contribution in [1.82, 2.24) is 5.43 Å². The lowest BCUT2D eigenvalue weighted by Gasteiger charge is -2.28. The fraction of sp³-hybridized carbons (Fsp3) is 0.500. The SMILES string of the molecule is COc1ccc(C(C)(NN)C(=O)O)cc1C(C)(C)C. The number of hydrogen-bond donors (Lipinski definition) is 3. The smallest absolute Gasteiger partial charge is 0.329 e. The normalized spacial score (nSPS) is 14.8. The molecule has 0 heterocycles. The van der Waals surface area contributed by atoms with Gasteiger partial charge in [0.05, 0.1) is 7.11 Å². The van der Waals surface area contributed by atoms with E-state index in [2.05, 4.69) is 5.43 Å². The third kappa shape index (κ3) is 2.88. The predicted octanol–water partition coefficient (Wildman–Crippen LogP) is 1.76. The molecule has 0 amide bonds. The second-order valence-electron chi connectivity index (χ2n) is 5.74. The highest BCUT2D eigenvalue weighted by atomic mass is 16.5. The summed E-state index contributed by atoms with van der Waals surface area (Å²) in [6.07, 6.45) is 0. The maximum Gasteiger partial charge on any atom is 0.329 e. The van der Waals surface area contributed by atoms with Gasteiger partial charge in [-0.2, -0.15) is 0 Å². The van der Waals surface area contributed by atoms with Gasteiger partial charge in [-0.1, -0.05) is 26.8 Å². The molecular weight excluding hydrogens is 244 g/mol. The number of benzene rings is 1. The molecule has 1 aromatic rings. The molecule has 0 aliphatic heterocycles. The minimum atomic E-state index is -1.33. The van der Waals surface area contributed by atoms with E-state index < -0.39 is 11.5 Å². The Kier molecular flexibility index (Phi) is 4.22. The largest absolute Gasteiger partial charge is 0.496 e. The number of carboxylic acid groups (broad SMARTS) is 1. The standard InChI is InChI=1S/C14H22N2O3/c1-13(2,3)10-8-9(6-7-11(10)19-5)14(4,16-15)12(17)18/h6-8,16H,15H2,1-5H3,(H,17,18). The lowest BCUT2D eigenvalue weighted by molar-refractivity contribution is -0.144. The molecule has 0 radical (unpaired) electrons. The fourth-order valence-electron chi connectivity index (χ4n) is 1.87. The van der Waals surface area contributed by atoms with Crippen molar-refractivity contribution in [1.29, 1.82) is 0 Å². The minimum absolute atomic E-state index is 0.157. The van der Waals surface area contributed by atoms with Crippen molar-refractivity contribution in [2.24, 2.45) is 5.84 Å². The van der Waals surface area contributed by atoms with Crippen molar-refractivity contribution in [2.45, 2.75) is 38.6 Å². The topological polar surface area (TPSA) is 84.6 Å². The molecule has 19 heavy (non-hydrogen) atoms. The van der Waals surface area contributed by atoms with Crippen LogP contribution in [0.1, 0.15) is 38.8 Å². The lowest BCUT2D eigenvalue weighted by Crippen LogP contribution is -2.50. The molecule has 0 aliphatic rings. The molecule has 1 unspecified atom stereocenters. The third-order valence-electron chi connectivity index (χ3n) is 3.30. The summed E-state index contributed by atoms with van der Waals surface area (Å²) >= 11 is 0. The summed E-state index contributed by atoms with van der Waals surface area (Å²) in [5.74, 6) is 5.12. The Bertz CT molecular complexity index is 480. The predicted molar refractivity (Wildman–Crippen MR) is 74.0 cm³/mol. The molecular formula is C14H22N2O3. The number of hydrazine groups is 1. The highest BCUT2D eigenvalue weighted by Gasteiger charge is 2.35. The monoisotopic (exact) mass is 266 g/mol. The van der Waals surface area contributed by atoms with Gasteiger partial charge in [0.2, 0.25) is 0 Å². The molecule has 0 aromatic heterocycles. The third-order valence-corrected chi connectivity index (χ3v) is 3.30. The van der Waals surface area contributed by atoms with Gasteiger partial charge in [-0.15, -0.1) is 0 Å². The van der Waals surface area contributed by atoms with E-state index >= 15 is 0 Å². The van der Waals surface area contributed by atoms with E-state index in [1.807, 2.05) is 26.8 Å². The number of aliphatic carboxylic acids is 1. The first-order valence-corrected chi connectivity index (χ1v) is 6.07. The van der Waals surface area contributed by atoms with Crippen molar-refractivity contribution in [3.63, 3.8) is 0 Å². The van der Waals surface area contributed by atoms with Crippen LogP contribution in [0.15, 0.2) is 18.2 Å². The molecule has 0 bridgehead atoms. The Morgan fingerprint density at radius 1 is 1.32 bits per heavy atom. The van der Waals surface area contributed by atoms with Gasteiger partial charge in [-0.3, -0.25) is 5.84 Å². The summed E-state index contributed by atoms with van der Waals surface area (Å²) < 4.78 is 5.33. The molecule has 1 rings (SSSR count). The Balaban J connectivity index is 3.45. The number of rotatable bonds is 4. The molecule has 0 saturated carbocycles. The van der Waals surface area contributed by atoms with E-state index in [4.69, 9.17) is 10.6 Å². The average Bonchev–Trinajstić information content (AvgIpc) is 2.35. The molecule has 1 aromatic carbocycles. The first-order chi connectivity index (χ1) is 8.66. The summed E-state index contributed by atoms with van der Waals surface area (Å²) in [4.78, 5) is 11.4. The number of nitrogens with one attached hydrogen (secondary N) is 1. The van der Waals surface area contributed by atoms with Crippen LogP contribution in [0.3, 0.4) is 0 Å². The van der Waals surface area contributed by atoms with Gasteiger partial charge >= 0.3 is 5.97 Å². The summed E-state index contributed by atoms with van der Waals surface area (Å²) in [6, 6.07) is 5.31. The van der Waals surface area contributed by atoms with Crippen LogP contribution < -0.4 is 16.0 Å². The quantitative estimate of drug-likeness (QED) is 0.571. The van der Waals surface area contributed by atoms with Crippen LogP contribution in [-0.2, 0) is 15.7 Å². The molecule has 0 saturated heterocycles. The summed E-state index contributed by atoms with van der Waals surface area (Å²) in [6.45, 7) is 7.66. The van der Waals surface area contributed by atoms with Gasteiger partial charge in [0.1, 0.15) is 5.75 Å². The van der Waals surface area contributed by atoms with E-state index in [9.17, 15) is 9.90 Å². The zero-order chi connectivity index (χ0) is 14.8. The molecule has 4 N–H and O–H groups in total. The van der Waals surface area contributed by atoms with Gasteiger partial charge in [-0.05, 0) is 35.6 Å². The highest BCUT2D eigenvalue weighted by Crippen LogP contribution is 2.34. The van der Waals surface area contributed by atoms with Gasteiger partial charge in [0, 0.05) is 0 Å². The van der Waals surface area contributed by atoms with E-state index in [0.717, 1.165) is 11.3 Å². The molecule has 0 spiro atoms. The van der Waals surface area contributed by atoms with Crippen LogP contribution in [0, 0.1) is 0 Å². The first-order valence-electron chi connectivity index (χ1n) is 6.07. The number of nitrogens with two attached hydrogens (primary N) is 1. The summed E-state index contributed by atoms with van der Waals surface area (Å²) in [5, 5.41) is 9.33. The number of hydrogen-bond acceptors (Lipinski definition) is 4. The minimum Gasteiger partial charge on any atom is -0.496 e. The van der Waals surface area contributed by atoms with Crippen molar-refractivity contribution in [3.05, 3.63) is 29.3 Å². The van der Waals surface area contributed by atoms with Gasteiger partial charge in [0.25, 0.3) is 0 Å². The first kappa shape index (κ1) is 15.5. The lowest BCUT2D eigenvalue weighted by atomic mass is 9.82. The Hall–Kier alpha value is -1.59. The molecule has 0 fully saturated rings. The van der Waals surface area contributed by atoms with Crippen molar-refractivity contribution in [2.75, 3.05) is 7.11 Å². The molecule has 5 nitrogen and oxygen atoms in total. The zero-order valence-corrected chi connectivity index (χ0v) is 12.1. The number of carbonyl (C=O) groups is 1. The van der Waals surface area contributed by atoms with Crippen LogP contribution in [0.5, 0.6) is 5.75 Å². The van der Waals surface area contributed by atoms with E-state index in [1.54, 1.807) is 19.2 Å². The number of ether oxygens (including phenoxy) is 1.